The van der Waals surface area contributed by atoms with E-state index in [0.29, 0.717) is 57.7 Å². The Morgan fingerprint density at radius 2 is 1.60 bits per heavy atom. The van der Waals surface area contributed by atoms with E-state index >= 15 is 0 Å². The van der Waals surface area contributed by atoms with Crippen molar-refractivity contribution in [1.29, 1.82) is 0 Å². The van der Waals surface area contributed by atoms with Gasteiger partial charge in [0.1, 0.15) is 24.7 Å². The van der Waals surface area contributed by atoms with E-state index in [9.17, 15) is 9.59 Å². The fraction of sp³-hybridized carbons (Fsp3) is 0.286. The monoisotopic (exact) mass is 628 g/mol. The zero-order chi connectivity index (χ0) is 31.9. The van der Waals surface area contributed by atoms with Gasteiger partial charge >= 0.3 is 5.97 Å². The van der Waals surface area contributed by atoms with E-state index in [1.807, 2.05) is 68.4 Å². The van der Waals surface area contributed by atoms with E-state index < -0.39 is 12.0 Å². The molecule has 1 atom stereocenters. The lowest BCUT2D eigenvalue weighted by Crippen LogP contribution is -2.39. The van der Waals surface area contributed by atoms with Gasteiger partial charge < -0.3 is 23.7 Å². The molecule has 2 heterocycles. The number of benzene rings is 3. The number of methoxy groups -OCH3 is 1. The quantitative estimate of drug-likeness (QED) is 0.161. The first-order valence-electron chi connectivity index (χ1n) is 14.8. The Morgan fingerprint density at radius 1 is 0.889 bits per heavy atom. The molecule has 0 spiro atoms. The third-order valence-corrected chi connectivity index (χ3v) is 8.13. The molecule has 0 saturated carbocycles. The molecule has 3 aromatic carbocycles. The van der Waals surface area contributed by atoms with Crippen LogP contribution < -0.4 is 33.8 Å². The van der Waals surface area contributed by atoms with E-state index in [2.05, 4.69) is 4.99 Å². The fourth-order valence-corrected chi connectivity index (χ4v) is 6.04. The second-order valence-corrected chi connectivity index (χ2v) is 11.2. The van der Waals surface area contributed by atoms with Gasteiger partial charge in [0, 0.05) is 0 Å². The Hall–Kier alpha value is -4.83. The number of fused-ring (bicyclic) bond motifs is 1. The number of esters is 1. The molecule has 0 unspecified atom stereocenters. The number of carbonyl (C=O) groups is 1. The summed E-state index contributed by atoms with van der Waals surface area (Å²) in [4.78, 5) is 32.2. The summed E-state index contributed by atoms with van der Waals surface area (Å²) in [7, 11) is 1.59. The average molecular weight is 629 g/mol. The Bertz CT molecular complexity index is 1870. The maximum absolute atomic E-state index is 14.0. The van der Waals surface area contributed by atoms with Crippen molar-refractivity contribution in [2.75, 3.05) is 33.5 Å². The summed E-state index contributed by atoms with van der Waals surface area (Å²) in [5.41, 5.74) is 3.24. The third-order valence-electron chi connectivity index (χ3n) is 7.14. The molecule has 0 aliphatic carbocycles. The first kappa shape index (κ1) is 31.6. The van der Waals surface area contributed by atoms with Crippen LogP contribution in [-0.4, -0.2) is 44.1 Å². The number of allylic oxidation sites excluding steroid dienone is 1. The highest BCUT2D eigenvalue weighted by molar-refractivity contribution is 7.07. The third kappa shape index (κ3) is 7.12. The summed E-state index contributed by atoms with van der Waals surface area (Å²) in [6, 6.07) is 20.0. The zero-order valence-electron chi connectivity index (χ0n) is 26.0. The summed E-state index contributed by atoms with van der Waals surface area (Å²) in [5, 5.41) is 0. The van der Waals surface area contributed by atoms with Gasteiger partial charge in [-0.25, -0.2) is 9.79 Å². The van der Waals surface area contributed by atoms with Gasteiger partial charge in [-0.05, 0) is 81.3 Å². The minimum atomic E-state index is -0.703. The molecular weight excluding hydrogens is 592 g/mol. The molecule has 5 rings (SSSR count). The molecule has 0 saturated heterocycles. The number of aryl methyl sites for hydroxylation is 1. The first-order chi connectivity index (χ1) is 21.8. The number of nitrogens with zero attached hydrogens (tertiary/aromatic N) is 2. The van der Waals surface area contributed by atoms with Crippen molar-refractivity contribution in [3.8, 4) is 23.0 Å². The minimum absolute atomic E-state index is 0.205. The molecule has 0 amide bonds. The highest BCUT2D eigenvalue weighted by atomic mass is 32.1. The van der Waals surface area contributed by atoms with Gasteiger partial charge in [-0.15, -0.1) is 0 Å². The van der Waals surface area contributed by atoms with Crippen molar-refractivity contribution in [2.45, 2.75) is 33.7 Å². The standard InChI is InChI=1S/C35H36N2O7S/c1-6-41-29-20-24(10-17-28(29)44-19-18-43-27-13-8-22(3)9-14-27)21-30-33(38)37-32(25-11-15-26(40-5)16-12-25)31(34(39)42-7-2)23(4)36-35(37)45-30/h8-17,20-21,32H,6-7,18-19H2,1-5H3/b30-21-/t32-/m0/s1. The molecule has 234 valence electrons. The van der Waals surface area contributed by atoms with Crippen LogP contribution in [0.4, 0.5) is 0 Å². The van der Waals surface area contributed by atoms with Crippen LogP contribution in [0, 0.1) is 6.92 Å². The van der Waals surface area contributed by atoms with Gasteiger partial charge in [-0.1, -0.05) is 47.2 Å². The number of thiazole rings is 1. The van der Waals surface area contributed by atoms with Crippen LogP contribution in [0.3, 0.4) is 0 Å². The molecule has 1 aliphatic heterocycles. The highest BCUT2D eigenvalue weighted by Crippen LogP contribution is 2.32. The zero-order valence-corrected chi connectivity index (χ0v) is 26.8. The predicted molar refractivity (Wildman–Crippen MR) is 173 cm³/mol. The second-order valence-electron chi connectivity index (χ2n) is 10.2. The number of hydrogen-bond donors (Lipinski definition) is 0. The van der Waals surface area contributed by atoms with Crippen LogP contribution in [0.15, 0.2) is 87.8 Å². The van der Waals surface area contributed by atoms with Crippen molar-refractivity contribution in [2.24, 2.45) is 4.99 Å². The molecule has 1 aliphatic rings. The lowest BCUT2D eigenvalue weighted by atomic mass is 9.96. The van der Waals surface area contributed by atoms with Gasteiger partial charge in [-0.3, -0.25) is 9.36 Å². The van der Waals surface area contributed by atoms with Crippen molar-refractivity contribution < 1.29 is 28.5 Å². The summed E-state index contributed by atoms with van der Waals surface area (Å²) < 4.78 is 30.4. The van der Waals surface area contributed by atoms with Crippen LogP contribution in [-0.2, 0) is 9.53 Å². The van der Waals surface area contributed by atoms with Crippen LogP contribution in [0.1, 0.15) is 43.5 Å². The smallest absolute Gasteiger partial charge is 0.338 e. The van der Waals surface area contributed by atoms with Crippen molar-refractivity contribution in [3.63, 3.8) is 0 Å². The summed E-state index contributed by atoms with van der Waals surface area (Å²) >= 11 is 1.26. The average Bonchev–Trinajstić information content (AvgIpc) is 3.34. The molecule has 0 fully saturated rings. The van der Waals surface area contributed by atoms with E-state index in [0.717, 1.165) is 16.9 Å². The van der Waals surface area contributed by atoms with Crippen LogP contribution >= 0.6 is 11.3 Å². The van der Waals surface area contributed by atoms with Crippen LogP contribution in [0.5, 0.6) is 23.0 Å². The Morgan fingerprint density at radius 3 is 2.29 bits per heavy atom. The minimum Gasteiger partial charge on any atom is -0.497 e. The Labute approximate surface area is 265 Å². The van der Waals surface area contributed by atoms with Crippen LogP contribution in [0.2, 0.25) is 0 Å². The molecule has 0 radical (unpaired) electrons. The van der Waals surface area contributed by atoms with Crippen molar-refractivity contribution in [1.82, 2.24) is 4.57 Å². The van der Waals surface area contributed by atoms with Gasteiger partial charge in [0.2, 0.25) is 0 Å². The number of carbonyl (C=O) groups excluding carboxylic acids is 1. The van der Waals surface area contributed by atoms with E-state index in [1.165, 1.54) is 16.9 Å². The molecule has 0 bridgehead atoms. The van der Waals surface area contributed by atoms with Crippen molar-refractivity contribution >= 4 is 23.4 Å². The maximum Gasteiger partial charge on any atom is 0.338 e. The second kappa shape index (κ2) is 14.3. The molecular formula is C35H36N2O7S. The van der Waals surface area contributed by atoms with Gasteiger partial charge in [0.25, 0.3) is 5.56 Å². The molecule has 4 aromatic rings. The SMILES string of the molecule is CCOC(=O)C1=C(C)N=c2s/c(=C\c3ccc(OCCOc4ccc(C)cc4)c(OCC)c3)c(=O)n2[C@H]1c1ccc(OC)cc1. The lowest BCUT2D eigenvalue weighted by molar-refractivity contribution is -0.139. The Balaban J connectivity index is 1.45. The number of rotatable bonds is 12. The van der Waals surface area contributed by atoms with Gasteiger partial charge in [-0.2, -0.15) is 0 Å². The predicted octanol–water partition coefficient (Wildman–Crippen LogP) is 4.97. The first-order valence-corrected chi connectivity index (χ1v) is 15.6. The molecule has 1 aromatic heterocycles. The fourth-order valence-electron chi connectivity index (χ4n) is 4.99. The summed E-state index contributed by atoms with van der Waals surface area (Å²) in [6.07, 6.45) is 1.80. The number of hydrogen-bond acceptors (Lipinski definition) is 9. The summed E-state index contributed by atoms with van der Waals surface area (Å²) in [5.74, 6) is 2.09. The number of aromatic nitrogens is 1. The topological polar surface area (TPSA) is 97.6 Å². The van der Waals surface area contributed by atoms with Gasteiger partial charge in [0.15, 0.2) is 16.3 Å². The number of ether oxygens (including phenoxy) is 5. The maximum atomic E-state index is 14.0. The molecule has 9 nitrogen and oxygen atoms in total. The van der Waals surface area contributed by atoms with Gasteiger partial charge in [0.05, 0.1) is 42.2 Å². The molecule has 10 heteroatoms. The van der Waals surface area contributed by atoms with E-state index in [4.69, 9.17) is 23.7 Å². The Kier molecular flexibility index (Phi) is 10.0. The normalized spacial score (nSPS) is 14.4. The van der Waals surface area contributed by atoms with E-state index in [1.54, 1.807) is 43.7 Å². The molecule has 45 heavy (non-hydrogen) atoms. The largest absolute Gasteiger partial charge is 0.497 e. The van der Waals surface area contributed by atoms with Crippen molar-refractivity contribution in [3.05, 3.63) is 114 Å². The summed E-state index contributed by atoms with van der Waals surface area (Å²) in [6.45, 7) is 8.80. The van der Waals surface area contributed by atoms with Crippen LogP contribution in [0.25, 0.3) is 6.08 Å². The molecule has 0 N–H and O–H groups in total. The van der Waals surface area contributed by atoms with E-state index in [-0.39, 0.29) is 12.2 Å². The lowest BCUT2D eigenvalue weighted by Gasteiger charge is -2.24. The highest BCUT2D eigenvalue weighted by Gasteiger charge is 2.33.